The highest BCUT2D eigenvalue weighted by Gasteiger charge is 2.43. The Morgan fingerprint density at radius 3 is 2.50 bits per heavy atom. The maximum absolute atomic E-state index is 14.2. The van der Waals surface area contributed by atoms with Gasteiger partial charge in [-0.15, -0.1) is 0 Å². The van der Waals surface area contributed by atoms with Crippen LogP contribution >= 0.6 is 0 Å². The number of aliphatic hydroxyl groups is 2. The van der Waals surface area contributed by atoms with Gasteiger partial charge in [-0.1, -0.05) is 37.3 Å². The van der Waals surface area contributed by atoms with Gasteiger partial charge >= 0.3 is 5.97 Å². The van der Waals surface area contributed by atoms with Gasteiger partial charge < -0.3 is 24.8 Å². The maximum atomic E-state index is 14.2. The van der Waals surface area contributed by atoms with Crippen LogP contribution in [0.1, 0.15) is 55.6 Å². The molecule has 0 amide bonds. The monoisotopic (exact) mass is 422 g/mol. The van der Waals surface area contributed by atoms with Gasteiger partial charge in [0.2, 0.25) is 0 Å². The van der Waals surface area contributed by atoms with E-state index >= 15 is 0 Å². The molecule has 1 fully saturated rings. The molecule has 1 heterocycles. The topological polar surface area (TPSA) is 96.2 Å². The zero-order valence-corrected chi connectivity index (χ0v) is 18.0. The van der Waals surface area contributed by atoms with Gasteiger partial charge in [-0.3, -0.25) is 0 Å². The summed E-state index contributed by atoms with van der Waals surface area (Å²) in [5.74, 6) is -2.86. The predicted octanol–water partition coefficient (Wildman–Crippen LogP) is 3.69. The van der Waals surface area contributed by atoms with E-state index in [0.717, 1.165) is 0 Å². The summed E-state index contributed by atoms with van der Waals surface area (Å²) < 4.78 is 25.9. The highest BCUT2D eigenvalue weighted by molar-refractivity contribution is 5.93. The second-order valence-corrected chi connectivity index (χ2v) is 8.21. The third-order valence-electron chi connectivity index (χ3n) is 5.20. The number of aromatic carboxylic acids is 1. The second-order valence-electron chi connectivity index (χ2n) is 8.21. The zero-order valence-electron chi connectivity index (χ0n) is 18.0. The number of carboxylic acids is 1. The molecule has 0 radical (unpaired) electrons. The van der Waals surface area contributed by atoms with Crippen LogP contribution in [0.3, 0.4) is 0 Å². The summed E-state index contributed by atoms with van der Waals surface area (Å²) in [6, 6.07) is 2.67. The minimum absolute atomic E-state index is 0.00317. The second kappa shape index (κ2) is 9.83. The number of halogens is 1. The lowest BCUT2D eigenvalue weighted by Crippen LogP contribution is -2.34. The van der Waals surface area contributed by atoms with Crippen LogP contribution in [0.4, 0.5) is 4.39 Å². The van der Waals surface area contributed by atoms with E-state index in [0.29, 0.717) is 5.56 Å². The highest BCUT2D eigenvalue weighted by Crippen LogP contribution is 2.33. The quantitative estimate of drug-likeness (QED) is 0.553. The van der Waals surface area contributed by atoms with E-state index in [1.165, 1.54) is 18.2 Å². The third-order valence-corrected chi connectivity index (χ3v) is 5.20. The molecule has 1 aliphatic rings. The van der Waals surface area contributed by atoms with E-state index in [-0.39, 0.29) is 23.5 Å². The Morgan fingerprint density at radius 2 is 1.90 bits per heavy atom. The SMILES string of the molecule is Cc1ccc(F)c(/C=C/C[C@@H]2OC(C)(C)O[C@@H]2C(O)/C=C\[C@@H](C)[C@H](C)O)c1C(=O)O. The Balaban J connectivity index is 2.18. The molecule has 0 spiro atoms. The van der Waals surface area contributed by atoms with Crippen molar-refractivity contribution >= 4 is 12.0 Å². The maximum Gasteiger partial charge on any atom is 0.336 e. The van der Waals surface area contributed by atoms with Crippen molar-refractivity contribution in [2.75, 3.05) is 0 Å². The van der Waals surface area contributed by atoms with Gasteiger partial charge in [0.1, 0.15) is 18.0 Å². The Bertz CT molecular complexity index is 814. The van der Waals surface area contributed by atoms with E-state index in [1.54, 1.807) is 45.9 Å². The molecule has 5 atom stereocenters. The van der Waals surface area contributed by atoms with E-state index in [2.05, 4.69) is 0 Å². The number of carboxylic acid groups (broad SMARTS) is 1. The van der Waals surface area contributed by atoms with E-state index in [9.17, 15) is 24.5 Å². The van der Waals surface area contributed by atoms with Crippen molar-refractivity contribution in [3.05, 3.63) is 52.9 Å². The molecule has 1 saturated heterocycles. The first-order valence-electron chi connectivity index (χ1n) is 10.0. The van der Waals surface area contributed by atoms with Crippen molar-refractivity contribution in [1.82, 2.24) is 0 Å². The molecule has 1 aromatic rings. The van der Waals surface area contributed by atoms with Gasteiger partial charge in [0.15, 0.2) is 5.79 Å². The minimum atomic E-state index is -1.20. The number of ether oxygens (including phenoxy) is 2. The van der Waals surface area contributed by atoms with Crippen LogP contribution in [0.2, 0.25) is 0 Å². The molecule has 0 aromatic heterocycles. The molecule has 2 rings (SSSR count). The molecule has 1 unspecified atom stereocenters. The van der Waals surface area contributed by atoms with Gasteiger partial charge in [-0.25, -0.2) is 9.18 Å². The standard InChI is InChI=1S/C23H31FO6/c1-13(15(3)25)10-12-18(26)21-19(29-23(4,5)30-21)8-6-7-16-17(24)11-9-14(2)20(16)22(27)28/h6-7,9-13,15,18-19,21,25-26H,8H2,1-5H3,(H,27,28)/b7-6+,12-10-/t13-,15+,18?,19+,21-/m1/s1. The fraction of sp³-hybridized carbons (Fsp3) is 0.522. The molecule has 30 heavy (non-hydrogen) atoms. The Labute approximate surface area is 176 Å². The summed E-state index contributed by atoms with van der Waals surface area (Å²) in [5.41, 5.74) is 0.390. The number of benzene rings is 1. The van der Waals surface area contributed by atoms with Crippen LogP contribution in [0.15, 0.2) is 30.4 Å². The van der Waals surface area contributed by atoms with Crippen molar-refractivity contribution in [2.24, 2.45) is 5.92 Å². The molecule has 1 aliphatic heterocycles. The summed E-state index contributed by atoms with van der Waals surface area (Å²) in [6.07, 6.45) is 3.95. The van der Waals surface area contributed by atoms with Crippen LogP contribution in [0.25, 0.3) is 6.08 Å². The lowest BCUT2D eigenvalue weighted by Gasteiger charge is -2.20. The predicted molar refractivity (Wildman–Crippen MR) is 112 cm³/mol. The van der Waals surface area contributed by atoms with Crippen LogP contribution in [0.5, 0.6) is 0 Å². The van der Waals surface area contributed by atoms with E-state index < -0.39 is 42.0 Å². The first kappa shape index (κ1) is 24.2. The number of aryl methyl sites for hydroxylation is 1. The smallest absolute Gasteiger partial charge is 0.336 e. The van der Waals surface area contributed by atoms with Crippen LogP contribution in [-0.2, 0) is 9.47 Å². The van der Waals surface area contributed by atoms with Crippen molar-refractivity contribution in [3.8, 4) is 0 Å². The summed E-state index contributed by atoms with van der Waals surface area (Å²) in [6.45, 7) is 8.59. The van der Waals surface area contributed by atoms with E-state index in [1.807, 2.05) is 6.92 Å². The lowest BCUT2D eigenvalue weighted by atomic mass is 9.99. The minimum Gasteiger partial charge on any atom is -0.478 e. The largest absolute Gasteiger partial charge is 0.478 e. The van der Waals surface area contributed by atoms with Gasteiger partial charge in [-0.05, 0) is 51.7 Å². The summed E-state index contributed by atoms with van der Waals surface area (Å²) in [5, 5.41) is 29.6. The number of hydrogen-bond donors (Lipinski definition) is 3. The van der Waals surface area contributed by atoms with Crippen molar-refractivity contribution in [1.29, 1.82) is 0 Å². The molecule has 166 valence electrons. The fourth-order valence-electron chi connectivity index (χ4n) is 3.36. The number of rotatable bonds is 8. The lowest BCUT2D eigenvalue weighted by molar-refractivity contribution is -0.152. The van der Waals surface area contributed by atoms with E-state index in [4.69, 9.17) is 9.47 Å². The Morgan fingerprint density at radius 1 is 1.23 bits per heavy atom. The van der Waals surface area contributed by atoms with Crippen molar-refractivity contribution in [3.63, 3.8) is 0 Å². The summed E-state index contributed by atoms with van der Waals surface area (Å²) in [4.78, 5) is 11.5. The van der Waals surface area contributed by atoms with Crippen molar-refractivity contribution in [2.45, 2.75) is 71.2 Å². The number of hydrogen-bond acceptors (Lipinski definition) is 5. The molecule has 0 saturated carbocycles. The van der Waals surface area contributed by atoms with Gasteiger partial charge in [0.25, 0.3) is 0 Å². The van der Waals surface area contributed by atoms with Crippen LogP contribution in [-0.4, -0.2) is 51.5 Å². The molecule has 7 heteroatoms. The van der Waals surface area contributed by atoms with Gasteiger partial charge in [-0.2, -0.15) is 0 Å². The normalized spacial score (nSPS) is 24.4. The summed E-state index contributed by atoms with van der Waals surface area (Å²) >= 11 is 0. The van der Waals surface area contributed by atoms with Crippen molar-refractivity contribution < 1.29 is 34.0 Å². The molecular formula is C23H31FO6. The highest BCUT2D eigenvalue weighted by atomic mass is 19.1. The average molecular weight is 422 g/mol. The fourth-order valence-corrected chi connectivity index (χ4v) is 3.36. The van der Waals surface area contributed by atoms with Gasteiger partial charge in [0.05, 0.1) is 17.8 Å². The molecule has 6 nitrogen and oxygen atoms in total. The number of aliphatic hydroxyl groups excluding tert-OH is 2. The molecule has 0 aliphatic carbocycles. The van der Waals surface area contributed by atoms with Crippen LogP contribution < -0.4 is 0 Å². The zero-order chi connectivity index (χ0) is 22.6. The molecule has 3 N–H and O–H groups in total. The Kier molecular flexibility index (Phi) is 7.93. The molecule has 0 bridgehead atoms. The molecular weight excluding hydrogens is 391 g/mol. The first-order valence-corrected chi connectivity index (χ1v) is 10.0. The average Bonchev–Trinajstić information content (AvgIpc) is 2.96. The number of carbonyl (C=O) groups is 1. The Hall–Kier alpha value is -2.06. The van der Waals surface area contributed by atoms with Gasteiger partial charge in [0, 0.05) is 5.56 Å². The molecule has 1 aromatic carbocycles. The third kappa shape index (κ3) is 5.98. The van der Waals surface area contributed by atoms with Crippen LogP contribution in [0, 0.1) is 18.7 Å². The first-order chi connectivity index (χ1) is 13.9. The summed E-state index contributed by atoms with van der Waals surface area (Å²) in [7, 11) is 0.